The van der Waals surface area contributed by atoms with Gasteiger partial charge in [-0.1, -0.05) is 334 Å². The lowest BCUT2D eigenvalue weighted by Crippen LogP contribution is -2.03. The zero-order chi connectivity index (χ0) is 80.2. The molecular weight excluding hydrogens is 1490 g/mol. The molecule has 0 radical (unpaired) electrons. The predicted octanol–water partition coefficient (Wildman–Crippen LogP) is 31.8. The quantitative estimate of drug-likeness (QED) is 0.161. The fourth-order valence-electron chi connectivity index (χ4n) is 21.9. The molecule has 0 amide bonds. The van der Waals surface area contributed by atoms with E-state index in [1.54, 1.807) is 0 Å². The molecule has 0 unspecified atom stereocenters. The smallest absolute Gasteiger partial charge is 0.165 e. The molecule has 0 spiro atoms. The Labute approximate surface area is 706 Å². The molecule has 26 aromatic rings. The van der Waals surface area contributed by atoms with Gasteiger partial charge in [0.25, 0.3) is 0 Å². The molecule has 0 atom stereocenters. The zero-order valence-electron chi connectivity index (χ0n) is 66.6. The molecule has 5 heteroatoms. The van der Waals surface area contributed by atoms with Gasteiger partial charge in [-0.2, -0.15) is 0 Å². The summed E-state index contributed by atoms with van der Waals surface area (Å²) in [6.45, 7) is 0. The minimum absolute atomic E-state index is 0.846. The second kappa shape index (κ2) is 26.1. The average Bonchev–Trinajstić information content (AvgIpc) is 1.55. The lowest BCUT2D eigenvalue weighted by atomic mass is 9.84. The number of rotatable bonds is 5. The van der Waals surface area contributed by atoms with Crippen LogP contribution in [0.1, 0.15) is 0 Å². The van der Waals surface area contributed by atoms with Gasteiger partial charge in [-0.15, -0.1) is 0 Å². The van der Waals surface area contributed by atoms with Gasteiger partial charge in [0.15, 0.2) is 5.82 Å². The molecule has 4 heterocycles. The summed E-state index contributed by atoms with van der Waals surface area (Å²) in [7, 11) is 0. The van der Waals surface area contributed by atoms with Crippen LogP contribution in [-0.4, -0.2) is 23.7 Å². The van der Waals surface area contributed by atoms with E-state index in [0.717, 1.165) is 39.1 Å². The molecule has 5 nitrogen and oxygen atoms in total. The zero-order valence-corrected chi connectivity index (χ0v) is 66.6. The molecule has 123 heavy (non-hydrogen) atoms. The summed E-state index contributed by atoms with van der Waals surface area (Å²) >= 11 is 0. The van der Waals surface area contributed by atoms with E-state index in [0.29, 0.717) is 0 Å². The van der Waals surface area contributed by atoms with E-state index in [4.69, 9.17) is 9.97 Å². The number of fused-ring (bicyclic) bond motifs is 21. The van der Waals surface area contributed by atoms with Crippen molar-refractivity contribution in [2.75, 3.05) is 0 Å². The highest BCUT2D eigenvalue weighted by molar-refractivity contribution is 6.38. The summed E-state index contributed by atoms with van der Waals surface area (Å²) in [6.07, 6.45) is 0. The Balaban J connectivity index is 0.0000000970. The number of aromatic nitrogens is 5. The van der Waals surface area contributed by atoms with E-state index in [-0.39, 0.29) is 0 Å². The molecule has 0 aliphatic heterocycles. The maximum Gasteiger partial charge on any atom is 0.165 e. The number of nitrogens with zero attached hydrogens (tertiary/aromatic N) is 5. The minimum Gasteiger partial charge on any atom is -0.309 e. The van der Waals surface area contributed by atoms with Crippen molar-refractivity contribution in [3.8, 4) is 106 Å². The third kappa shape index (κ3) is 9.67. The normalized spacial score (nSPS) is 12.2. The van der Waals surface area contributed by atoms with Gasteiger partial charge in [0.2, 0.25) is 0 Å². The van der Waals surface area contributed by atoms with Crippen LogP contribution >= 0.6 is 0 Å². The number of benzene rings is 22. The van der Waals surface area contributed by atoms with Crippen molar-refractivity contribution in [2.24, 2.45) is 0 Å². The highest BCUT2D eigenvalue weighted by Gasteiger charge is 2.33. The van der Waals surface area contributed by atoms with Crippen LogP contribution in [0, 0.1) is 0 Å². The average molecular weight is 1560 g/mol. The molecule has 4 aromatic heterocycles. The Kier molecular flexibility index (Phi) is 14.3. The molecule has 3 aliphatic carbocycles. The van der Waals surface area contributed by atoms with Gasteiger partial charge in [0.1, 0.15) is 5.69 Å². The maximum absolute atomic E-state index is 5.33. The van der Waals surface area contributed by atoms with Crippen molar-refractivity contribution in [2.45, 2.75) is 0 Å². The molecule has 0 fully saturated rings. The Hall–Kier alpha value is -16.3. The first kappa shape index (κ1) is 67.7. The lowest BCUT2D eigenvalue weighted by molar-refractivity contribution is 1.08. The van der Waals surface area contributed by atoms with E-state index >= 15 is 0 Å². The summed E-state index contributed by atoms with van der Waals surface area (Å²) < 4.78 is 7.27. The predicted molar refractivity (Wildman–Crippen MR) is 520 cm³/mol. The summed E-state index contributed by atoms with van der Waals surface area (Å²) in [5.41, 5.74) is 31.5. The molecule has 0 bridgehead atoms. The van der Waals surface area contributed by atoms with Gasteiger partial charge in [0.05, 0.1) is 44.1 Å². The standard InChI is InChI=1S/C42H25N.C40H23N3.C36H21N/c1-2-11-26(12-3-1)28-14-8-15-29(25-28)43-36-22-10-21-35-40-33-19-7-5-17-31(33)30-16-4-6-18-32(30)39(40)34-20-9-13-27-23-24-37(43)42(38(27)34)41(35)36;1-2-10-25(11-3-1)39-40(42-33-18-7-6-17-32(33)41-39)43-34-19-9-16-29-31-23-27-13-5-4-12-26(27)22-30(31)28-15-8-14-24-20-21-35(43)38(36(24)28)37(29)34;1-2-11-23(12-3-1)37-30-19-9-18-29-34-27-16-7-5-14-25(27)24-13-4-6-15-26(24)33(34)28-17-8-10-22-20-21-31(37)36(32(22)28)35(29)30/h1-25H;1-23H;1-21H. The molecule has 22 aromatic carbocycles. The topological polar surface area (TPSA) is 40.6 Å². The van der Waals surface area contributed by atoms with Crippen molar-refractivity contribution in [1.82, 2.24) is 23.7 Å². The van der Waals surface area contributed by atoms with E-state index < -0.39 is 0 Å². The molecule has 29 rings (SSSR count). The van der Waals surface area contributed by atoms with Crippen LogP contribution in [0.4, 0.5) is 0 Å². The Morgan fingerprint density at radius 1 is 0.163 bits per heavy atom. The van der Waals surface area contributed by atoms with Crippen LogP contribution in [-0.2, 0) is 0 Å². The Morgan fingerprint density at radius 3 is 0.951 bits per heavy atom. The maximum atomic E-state index is 5.33. The highest BCUT2D eigenvalue weighted by atomic mass is 15.1. The largest absolute Gasteiger partial charge is 0.309 e. The Morgan fingerprint density at radius 2 is 0.472 bits per heavy atom. The van der Waals surface area contributed by atoms with Crippen molar-refractivity contribution >= 4 is 163 Å². The lowest BCUT2D eigenvalue weighted by Gasteiger charge is -2.19. The van der Waals surface area contributed by atoms with Crippen LogP contribution in [0.25, 0.3) is 269 Å². The van der Waals surface area contributed by atoms with Crippen LogP contribution < -0.4 is 0 Å². The van der Waals surface area contributed by atoms with Crippen LogP contribution in [0.2, 0.25) is 0 Å². The van der Waals surface area contributed by atoms with Gasteiger partial charge in [0, 0.05) is 49.3 Å². The summed E-state index contributed by atoms with van der Waals surface area (Å²) in [4.78, 5) is 10.5. The van der Waals surface area contributed by atoms with E-state index in [9.17, 15) is 0 Å². The third-order valence-electron chi connectivity index (χ3n) is 26.8. The minimum atomic E-state index is 0.846. The number of hydrogen-bond donors (Lipinski definition) is 0. The van der Waals surface area contributed by atoms with E-state index in [1.807, 2.05) is 24.3 Å². The van der Waals surface area contributed by atoms with Gasteiger partial charge >= 0.3 is 0 Å². The summed E-state index contributed by atoms with van der Waals surface area (Å²) in [6, 6.07) is 153. The molecule has 3 aliphatic rings. The highest BCUT2D eigenvalue weighted by Crippen LogP contribution is 2.58. The van der Waals surface area contributed by atoms with Crippen LogP contribution in [0.5, 0.6) is 0 Å². The van der Waals surface area contributed by atoms with Crippen molar-refractivity contribution in [3.63, 3.8) is 0 Å². The third-order valence-corrected chi connectivity index (χ3v) is 26.8. The van der Waals surface area contributed by atoms with Crippen molar-refractivity contribution in [3.05, 3.63) is 419 Å². The second-order valence-electron chi connectivity index (χ2n) is 33.1. The second-order valence-corrected chi connectivity index (χ2v) is 33.1. The van der Waals surface area contributed by atoms with Gasteiger partial charge in [-0.3, -0.25) is 4.57 Å². The van der Waals surface area contributed by atoms with Gasteiger partial charge in [-0.25, -0.2) is 9.97 Å². The first-order valence-corrected chi connectivity index (χ1v) is 42.5. The number of para-hydroxylation sites is 3. The van der Waals surface area contributed by atoms with E-state index in [1.165, 1.54) is 230 Å². The summed E-state index contributed by atoms with van der Waals surface area (Å²) in [5.74, 6) is 0.846. The molecular formula is C118H69N5. The first-order chi connectivity index (χ1) is 61.1. The summed E-state index contributed by atoms with van der Waals surface area (Å²) in [5, 5.41) is 28.7. The first-order valence-electron chi connectivity index (χ1n) is 42.5. The Bertz CT molecular complexity index is 9120. The van der Waals surface area contributed by atoms with Crippen molar-refractivity contribution in [1.29, 1.82) is 0 Å². The van der Waals surface area contributed by atoms with Crippen LogP contribution in [0.15, 0.2) is 419 Å². The molecule has 0 saturated carbocycles. The van der Waals surface area contributed by atoms with Gasteiger partial charge in [-0.05, 0) is 249 Å². The van der Waals surface area contributed by atoms with E-state index in [2.05, 4.69) is 408 Å². The molecule has 0 saturated heterocycles. The molecule has 0 N–H and O–H groups in total. The van der Waals surface area contributed by atoms with Crippen molar-refractivity contribution < 1.29 is 0 Å². The SMILES string of the molecule is c1ccc(-c2cccc(-n3c4cccc5c4c4c6c(cccc6ccc43)-c3c-5c4ccccc4c4ccccc34)c2)cc1.c1ccc(-c2nc3ccccc3nc2-n2c3cccc4c3c3c5c(cccc5ccc32)-c2cc3ccccc3cc2-4)cc1.c1ccc(-n2c3cccc4c3c3c5c(cccc5ccc32)-c2c-4c3ccccc3c3ccccc23)cc1. The molecule has 566 valence electrons. The van der Waals surface area contributed by atoms with Crippen LogP contribution in [0.3, 0.4) is 0 Å². The fraction of sp³-hybridized carbons (Fsp3) is 0. The number of hydrogen-bond acceptors (Lipinski definition) is 2. The monoisotopic (exact) mass is 1560 g/mol. The van der Waals surface area contributed by atoms with Gasteiger partial charge < -0.3 is 9.13 Å². The fourth-order valence-corrected chi connectivity index (χ4v) is 21.9.